The standard InChI is InChI=1S/C28H25Cl2N5O3/c1-17-24(13-19-5-3-4-6-22(19)34-17)38-16-20-21(29)9-10-23(28(20)30)35(2)27(37)15-33-26(36)12-8-18-7-11-25(31)32-14-18/h3-14H,15-16H2,1-2H3,(H2,31,32)(H,33,36)/b12-8+. The van der Waals surface area contributed by atoms with E-state index in [9.17, 15) is 9.59 Å². The van der Waals surface area contributed by atoms with E-state index in [2.05, 4.69) is 15.3 Å². The number of halogens is 2. The molecule has 0 radical (unpaired) electrons. The highest BCUT2D eigenvalue weighted by Crippen LogP contribution is 2.35. The summed E-state index contributed by atoms with van der Waals surface area (Å²) in [6, 6.07) is 16.3. The van der Waals surface area contributed by atoms with Crippen molar-refractivity contribution in [3.05, 3.63) is 93.7 Å². The van der Waals surface area contributed by atoms with E-state index in [-0.39, 0.29) is 24.1 Å². The average Bonchev–Trinajstić information content (AvgIpc) is 2.91. The molecule has 0 saturated carbocycles. The van der Waals surface area contributed by atoms with Crippen molar-refractivity contribution in [3.8, 4) is 5.75 Å². The van der Waals surface area contributed by atoms with Crippen molar-refractivity contribution >= 4 is 63.5 Å². The summed E-state index contributed by atoms with van der Waals surface area (Å²) in [6.07, 6.45) is 4.43. The quantitative estimate of drug-likeness (QED) is 0.292. The fourth-order valence-electron chi connectivity index (χ4n) is 3.63. The number of ether oxygens (including phenoxy) is 1. The number of carbonyl (C=O) groups excluding carboxylic acids is 2. The monoisotopic (exact) mass is 549 g/mol. The van der Waals surface area contributed by atoms with E-state index in [0.717, 1.165) is 16.6 Å². The molecule has 0 spiro atoms. The molecule has 0 aliphatic rings. The Morgan fingerprint density at radius 3 is 2.68 bits per heavy atom. The highest BCUT2D eigenvalue weighted by atomic mass is 35.5. The van der Waals surface area contributed by atoms with Gasteiger partial charge in [0.15, 0.2) is 0 Å². The molecule has 2 aromatic heterocycles. The Kier molecular flexibility index (Phi) is 8.45. The van der Waals surface area contributed by atoms with Gasteiger partial charge in [-0.05, 0) is 55.0 Å². The molecule has 10 heteroatoms. The number of amides is 2. The minimum atomic E-state index is -0.431. The summed E-state index contributed by atoms with van der Waals surface area (Å²) >= 11 is 13.1. The second-order valence-corrected chi connectivity index (χ2v) is 9.22. The number of anilines is 2. The molecule has 2 heterocycles. The van der Waals surface area contributed by atoms with Gasteiger partial charge in [0.1, 0.15) is 18.2 Å². The van der Waals surface area contributed by atoms with E-state index in [1.807, 2.05) is 37.3 Å². The van der Waals surface area contributed by atoms with Crippen molar-refractivity contribution in [3.63, 3.8) is 0 Å². The molecule has 2 amide bonds. The van der Waals surface area contributed by atoms with Crippen molar-refractivity contribution in [1.82, 2.24) is 15.3 Å². The first-order valence-electron chi connectivity index (χ1n) is 11.6. The van der Waals surface area contributed by atoms with Gasteiger partial charge in [0.05, 0.1) is 28.5 Å². The van der Waals surface area contributed by atoms with E-state index >= 15 is 0 Å². The molecule has 8 nitrogen and oxygen atoms in total. The van der Waals surface area contributed by atoms with Gasteiger partial charge in [0, 0.05) is 35.3 Å². The number of nitrogens with one attached hydrogen (secondary N) is 1. The normalized spacial score (nSPS) is 11.1. The van der Waals surface area contributed by atoms with Crippen LogP contribution in [0.25, 0.3) is 17.0 Å². The third-order valence-electron chi connectivity index (χ3n) is 5.79. The third kappa shape index (κ3) is 6.40. The van der Waals surface area contributed by atoms with Crippen LogP contribution in [0.15, 0.2) is 66.9 Å². The molecule has 0 aliphatic heterocycles. The number of likely N-dealkylation sites (N-methyl/N-ethyl adjacent to an activating group) is 1. The Hall–Kier alpha value is -4.14. The van der Waals surface area contributed by atoms with Crippen LogP contribution in [0.1, 0.15) is 16.8 Å². The fourth-order valence-corrected chi connectivity index (χ4v) is 4.23. The summed E-state index contributed by atoms with van der Waals surface area (Å²) in [5, 5.41) is 4.20. The Morgan fingerprint density at radius 1 is 1.13 bits per heavy atom. The first-order valence-corrected chi connectivity index (χ1v) is 12.4. The number of aryl methyl sites for hydroxylation is 1. The minimum Gasteiger partial charge on any atom is -0.487 e. The minimum absolute atomic E-state index is 0.0793. The number of para-hydroxylation sites is 1. The number of hydrogen-bond donors (Lipinski definition) is 2. The number of fused-ring (bicyclic) bond motifs is 1. The van der Waals surface area contributed by atoms with Crippen LogP contribution < -0.4 is 20.7 Å². The van der Waals surface area contributed by atoms with Crippen molar-refractivity contribution in [1.29, 1.82) is 0 Å². The molecule has 4 rings (SSSR count). The predicted molar refractivity (Wildman–Crippen MR) is 151 cm³/mol. The lowest BCUT2D eigenvalue weighted by Crippen LogP contribution is -2.37. The molecule has 0 bridgehead atoms. The van der Waals surface area contributed by atoms with Crippen LogP contribution in [-0.4, -0.2) is 35.4 Å². The SMILES string of the molecule is Cc1nc2ccccc2cc1OCc1c(Cl)ccc(N(C)C(=O)CNC(=O)/C=C/c2ccc(N)nc2)c1Cl. The number of nitrogens with two attached hydrogens (primary N) is 1. The molecule has 4 aromatic rings. The van der Waals surface area contributed by atoms with Gasteiger partial charge >= 0.3 is 0 Å². The number of nitrogens with zero attached hydrogens (tertiary/aromatic N) is 3. The van der Waals surface area contributed by atoms with Crippen molar-refractivity contribution in [2.45, 2.75) is 13.5 Å². The number of pyridine rings is 2. The van der Waals surface area contributed by atoms with Crippen molar-refractivity contribution < 1.29 is 14.3 Å². The van der Waals surface area contributed by atoms with Crippen molar-refractivity contribution in [2.75, 3.05) is 24.2 Å². The van der Waals surface area contributed by atoms with Crippen LogP contribution in [0.5, 0.6) is 5.75 Å². The highest BCUT2D eigenvalue weighted by Gasteiger charge is 2.19. The Labute approximate surface area is 230 Å². The molecule has 38 heavy (non-hydrogen) atoms. The maximum absolute atomic E-state index is 12.8. The number of aromatic nitrogens is 2. The molecule has 194 valence electrons. The number of nitrogen functional groups attached to an aromatic ring is 1. The molecular formula is C28H25Cl2N5O3. The zero-order valence-electron chi connectivity index (χ0n) is 20.7. The zero-order chi connectivity index (χ0) is 27.2. The maximum Gasteiger partial charge on any atom is 0.246 e. The second kappa shape index (κ2) is 11.9. The summed E-state index contributed by atoms with van der Waals surface area (Å²) in [6.45, 7) is 1.71. The smallest absolute Gasteiger partial charge is 0.246 e. The highest BCUT2D eigenvalue weighted by molar-refractivity contribution is 6.38. The molecule has 0 atom stereocenters. The summed E-state index contributed by atoms with van der Waals surface area (Å²) in [7, 11) is 1.57. The summed E-state index contributed by atoms with van der Waals surface area (Å²) < 4.78 is 6.03. The molecule has 0 saturated heterocycles. The number of rotatable bonds is 8. The van der Waals surface area contributed by atoms with E-state index in [4.69, 9.17) is 33.7 Å². The topological polar surface area (TPSA) is 110 Å². The first-order chi connectivity index (χ1) is 18.2. The lowest BCUT2D eigenvalue weighted by Gasteiger charge is -2.21. The van der Waals surface area contributed by atoms with Gasteiger partial charge in [0.2, 0.25) is 11.8 Å². The van der Waals surface area contributed by atoms with Gasteiger partial charge in [-0.15, -0.1) is 0 Å². The van der Waals surface area contributed by atoms with Gasteiger partial charge in [-0.2, -0.15) is 0 Å². The molecule has 0 unspecified atom stereocenters. The van der Waals surface area contributed by atoms with Crippen LogP contribution in [0.4, 0.5) is 11.5 Å². The van der Waals surface area contributed by atoms with Crippen LogP contribution in [0, 0.1) is 6.92 Å². The van der Waals surface area contributed by atoms with Crippen LogP contribution in [0.2, 0.25) is 10.0 Å². The van der Waals surface area contributed by atoms with E-state index in [1.54, 1.807) is 43.6 Å². The largest absolute Gasteiger partial charge is 0.487 e. The molecule has 2 aromatic carbocycles. The summed E-state index contributed by atoms with van der Waals surface area (Å²) in [5.74, 6) is 0.193. The molecular weight excluding hydrogens is 525 g/mol. The van der Waals surface area contributed by atoms with E-state index in [0.29, 0.717) is 33.4 Å². The van der Waals surface area contributed by atoms with Crippen LogP contribution in [0.3, 0.4) is 0 Å². The maximum atomic E-state index is 12.8. The van der Waals surface area contributed by atoms with Gasteiger partial charge in [0.25, 0.3) is 0 Å². The van der Waals surface area contributed by atoms with Crippen LogP contribution >= 0.6 is 23.2 Å². The van der Waals surface area contributed by atoms with Gasteiger partial charge in [-0.1, -0.05) is 41.4 Å². The lowest BCUT2D eigenvalue weighted by atomic mass is 10.1. The second-order valence-electron chi connectivity index (χ2n) is 8.43. The lowest BCUT2D eigenvalue weighted by molar-refractivity contribution is -0.122. The number of hydrogen-bond acceptors (Lipinski definition) is 6. The summed E-state index contributed by atoms with van der Waals surface area (Å²) in [4.78, 5) is 34.8. The fraction of sp³-hybridized carbons (Fsp3) is 0.143. The van der Waals surface area contributed by atoms with Crippen LogP contribution in [-0.2, 0) is 16.2 Å². The third-order valence-corrected chi connectivity index (χ3v) is 6.57. The summed E-state index contributed by atoms with van der Waals surface area (Å²) in [5.41, 5.74) is 8.83. The average molecular weight is 550 g/mol. The first kappa shape index (κ1) is 26.9. The van der Waals surface area contributed by atoms with Gasteiger partial charge in [-0.25, -0.2) is 9.97 Å². The Balaban J connectivity index is 1.41. The van der Waals surface area contributed by atoms with Crippen molar-refractivity contribution in [2.24, 2.45) is 0 Å². The molecule has 0 aliphatic carbocycles. The van der Waals surface area contributed by atoms with E-state index < -0.39 is 5.91 Å². The Morgan fingerprint density at radius 2 is 1.92 bits per heavy atom. The molecule has 0 fully saturated rings. The molecule has 3 N–H and O–H groups in total. The van der Waals surface area contributed by atoms with Gasteiger partial charge < -0.3 is 20.7 Å². The van der Waals surface area contributed by atoms with E-state index in [1.165, 1.54) is 11.0 Å². The van der Waals surface area contributed by atoms with Gasteiger partial charge in [-0.3, -0.25) is 9.59 Å². The Bertz CT molecular complexity index is 1520. The number of benzene rings is 2. The predicted octanol–water partition coefficient (Wildman–Crippen LogP) is 5.20. The number of carbonyl (C=O) groups is 2. The zero-order valence-corrected chi connectivity index (χ0v) is 22.3.